The van der Waals surface area contributed by atoms with Crippen molar-refractivity contribution in [3.8, 4) is 0 Å². The van der Waals surface area contributed by atoms with E-state index in [9.17, 15) is 0 Å². The van der Waals surface area contributed by atoms with E-state index in [1.54, 1.807) is 0 Å². The van der Waals surface area contributed by atoms with Gasteiger partial charge in [0.05, 0.1) is 0 Å². The van der Waals surface area contributed by atoms with Gasteiger partial charge in [0.1, 0.15) is 0 Å². The Morgan fingerprint density at radius 1 is 0.875 bits per heavy atom. The molecular formula is C7H13Li. The summed E-state index contributed by atoms with van der Waals surface area (Å²) in [7, 11) is 0. The Hall–Kier alpha value is 0.597. The zero-order valence-electron chi connectivity index (χ0n) is 6.58. The van der Waals surface area contributed by atoms with Gasteiger partial charge in [-0.2, -0.15) is 10.8 Å². The topological polar surface area (TPSA) is 0 Å². The number of rotatable bonds is 0. The molecule has 0 aromatic carbocycles. The number of hydrogen-bond donors (Lipinski definition) is 0. The molecule has 0 aromatic rings. The van der Waals surface area contributed by atoms with E-state index in [-0.39, 0.29) is 18.9 Å². The van der Waals surface area contributed by atoms with Crippen LogP contribution in [0.15, 0.2) is 0 Å². The maximum Gasteiger partial charge on any atom is 1.00 e. The summed E-state index contributed by atoms with van der Waals surface area (Å²) in [5.74, 6) is 0. The zero-order chi connectivity index (χ0) is 5.71. The fraction of sp³-hybridized carbons (Fsp3) is 0.857. The van der Waals surface area contributed by atoms with Gasteiger partial charge in [-0.1, -0.05) is 27.7 Å². The van der Waals surface area contributed by atoms with Crippen molar-refractivity contribution in [2.45, 2.75) is 27.7 Å². The molecule has 42 valence electrons. The van der Waals surface area contributed by atoms with Gasteiger partial charge in [-0.25, -0.2) is 0 Å². The second kappa shape index (κ2) is 1.79. The first-order chi connectivity index (χ1) is 2.96. The van der Waals surface area contributed by atoms with Crippen molar-refractivity contribution in [2.24, 2.45) is 10.8 Å². The fourth-order valence-electron chi connectivity index (χ4n) is 0.866. The van der Waals surface area contributed by atoms with Gasteiger partial charge < -0.3 is 6.42 Å². The van der Waals surface area contributed by atoms with Gasteiger partial charge in [-0.05, 0) is 0 Å². The molecule has 0 saturated heterocycles. The summed E-state index contributed by atoms with van der Waals surface area (Å²) in [6.45, 7) is 9.08. The standard InChI is InChI=1S/C7H13.Li/c1-6(2)5-7(6,3)4;/h5H,1-4H3;/q-1;+1. The molecule has 0 spiro atoms. The van der Waals surface area contributed by atoms with Gasteiger partial charge in [-0.15, -0.1) is 0 Å². The van der Waals surface area contributed by atoms with Crippen LogP contribution in [0.3, 0.4) is 0 Å². The quantitative estimate of drug-likeness (QED) is 0.280. The fourth-order valence-corrected chi connectivity index (χ4v) is 0.866. The number of hydrogen-bond acceptors (Lipinski definition) is 0. The van der Waals surface area contributed by atoms with Crippen molar-refractivity contribution in [1.29, 1.82) is 0 Å². The van der Waals surface area contributed by atoms with Gasteiger partial charge >= 0.3 is 18.9 Å². The summed E-state index contributed by atoms with van der Waals surface area (Å²) in [6, 6.07) is 0. The Kier molecular flexibility index (Phi) is 1.92. The minimum absolute atomic E-state index is 0. The molecule has 0 heterocycles. The first-order valence-electron chi connectivity index (χ1n) is 2.83. The summed E-state index contributed by atoms with van der Waals surface area (Å²) in [6.07, 6.45) is 2.38. The normalized spacial score (nSPS) is 28.5. The summed E-state index contributed by atoms with van der Waals surface area (Å²) in [4.78, 5) is 0. The van der Waals surface area contributed by atoms with Crippen LogP contribution in [-0.2, 0) is 0 Å². The van der Waals surface area contributed by atoms with Gasteiger partial charge in [0, 0.05) is 0 Å². The molecule has 1 aliphatic rings. The van der Waals surface area contributed by atoms with Crippen LogP contribution in [0.4, 0.5) is 0 Å². The van der Waals surface area contributed by atoms with Crippen molar-refractivity contribution in [2.75, 3.05) is 0 Å². The van der Waals surface area contributed by atoms with E-state index < -0.39 is 0 Å². The van der Waals surface area contributed by atoms with Gasteiger partial charge in [0.2, 0.25) is 0 Å². The molecule has 1 heteroatoms. The Morgan fingerprint density at radius 2 is 1.00 bits per heavy atom. The van der Waals surface area contributed by atoms with E-state index in [1.165, 1.54) is 0 Å². The maximum atomic E-state index is 2.38. The van der Waals surface area contributed by atoms with Gasteiger partial charge in [0.15, 0.2) is 0 Å². The predicted molar refractivity (Wildman–Crippen MR) is 31.9 cm³/mol. The third-order valence-corrected chi connectivity index (χ3v) is 2.30. The van der Waals surface area contributed by atoms with Crippen LogP contribution < -0.4 is 18.9 Å². The van der Waals surface area contributed by atoms with Crippen molar-refractivity contribution < 1.29 is 18.9 Å². The third kappa shape index (κ3) is 1.12. The Balaban J connectivity index is 0.000000490. The van der Waals surface area contributed by atoms with Gasteiger partial charge in [0.25, 0.3) is 0 Å². The predicted octanol–water partition coefficient (Wildman–Crippen LogP) is -0.739. The molecule has 0 aliphatic heterocycles. The van der Waals surface area contributed by atoms with Crippen molar-refractivity contribution in [3.05, 3.63) is 6.42 Å². The molecule has 1 saturated carbocycles. The summed E-state index contributed by atoms with van der Waals surface area (Å²) in [5.41, 5.74) is 1.04. The van der Waals surface area contributed by atoms with Crippen molar-refractivity contribution in [3.63, 3.8) is 0 Å². The molecule has 0 N–H and O–H groups in total. The summed E-state index contributed by atoms with van der Waals surface area (Å²) >= 11 is 0. The third-order valence-electron chi connectivity index (χ3n) is 2.30. The Bertz CT molecular complexity index is 80.6. The first kappa shape index (κ1) is 8.60. The monoisotopic (exact) mass is 104 g/mol. The van der Waals surface area contributed by atoms with Crippen LogP contribution in [0.1, 0.15) is 27.7 Å². The molecule has 1 fully saturated rings. The van der Waals surface area contributed by atoms with Crippen LogP contribution >= 0.6 is 0 Å². The molecule has 0 unspecified atom stereocenters. The second-order valence-corrected chi connectivity index (χ2v) is 3.59. The van der Waals surface area contributed by atoms with E-state index >= 15 is 0 Å². The largest absolute Gasteiger partial charge is 1.00 e. The van der Waals surface area contributed by atoms with E-state index in [0.717, 1.165) is 0 Å². The van der Waals surface area contributed by atoms with E-state index in [4.69, 9.17) is 0 Å². The smallest absolute Gasteiger partial charge is 0.321 e. The molecule has 8 heavy (non-hydrogen) atoms. The second-order valence-electron chi connectivity index (χ2n) is 3.59. The molecular weight excluding hydrogens is 91.0 g/mol. The molecule has 0 radical (unpaired) electrons. The van der Waals surface area contributed by atoms with Crippen molar-refractivity contribution in [1.82, 2.24) is 0 Å². The average Bonchev–Trinajstić information content (AvgIpc) is 1.63. The van der Waals surface area contributed by atoms with E-state index in [1.807, 2.05) is 0 Å². The molecule has 0 aromatic heterocycles. The van der Waals surface area contributed by atoms with Gasteiger partial charge in [-0.3, -0.25) is 0 Å². The molecule has 0 bridgehead atoms. The minimum atomic E-state index is 0. The van der Waals surface area contributed by atoms with E-state index in [2.05, 4.69) is 34.1 Å². The van der Waals surface area contributed by atoms with Crippen LogP contribution in [0.5, 0.6) is 0 Å². The zero-order valence-corrected chi connectivity index (χ0v) is 6.58. The molecule has 0 amide bonds. The maximum absolute atomic E-state index is 2.38. The Morgan fingerprint density at radius 3 is 1.00 bits per heavy atom. The molecule has 1 rings (SSSR count). The SMILES string of the molecule is CC1(C)[CH-]C1(C)C.[Li+]. The molecule has 1 aliphatic carbocycles. The Labute approximate surface area is 64.2 Å². The van der Waals surface area contributed by atoms with Crippen molar-refractivity contribution >= 4 is 0 Å². The average molecular weight is 104 g/mol. The summed E-state index contributed by atoms with van der Waals surface area (Å²) in [5, 5.41) is 0. The first-order valence-corrected chi connectivity index (χ1v) is 2.83. The van der Waals surface area contributed by atoms with Crippen LogP contribution in [0, 0.1) is 17.3 Å². The molecule has 0 atom stereocenters. The summed E-state index contributed by atoms with van der Waals surface area (Å²) < 4.78 is 0. The van der Waals surface area contributed by atoms with E-state index in [0.29, 0.717) is 10.8 Å². The van der Waals surface area contributed by atoms with Crippen LogP contribution in [0.2, 0.25) is 0 Å². The van der Waals surface area contributed by atoms with Crippen LogP contribution in [-0.4, -0.2) is 0 Å². The van der Waals surface area contributed by atoms with Crippen LogP contribution in [0.25, 0.3) is 0 Å². The minimum Gasteiger partial charge on any atom is -0.321 e. The molecule has 0 nitrogen and oxygen atoms in total.